The maximum absolute atomic E-state index is 10.7. The summed E-state index contributed by atoms with van der Waals surface area (Å²) in [4.78, 5) is 11.6. The van der Waals surface area contributed by atoms with Crippen molar-refractivity contribution in [3.63, 3.8) is 0 Å². The molecular weight excluding hydrogens is 543 g/mol. The van der Waals surface area contributed by atoms with Crippen LogP contribution in [0, 0.1) is 0 Å². The van der Waals surface area contributed by atoms with Crippen LogP contribution in [0.25, 0.3) is 0 Å². The van der Waals surface area contributed by atoms with E-state index >= 15 is 0 Å². The van der Waals surface area contributed by atoms with Crippen molar-refractivity contribution in [3.8, 4) is 0 Å². The molecule has 0 unspecified atom stereocenters. The number of hydrogen-bond donors (Lipinski definition) is 0. The summed E-state index contributed by atoms with van der Waals surface area (Å²) >= 11 is -0.888. The van der Waals surface area contributed by atoms with Crippen LogP contribution < -0.4 is 5.11 Å². The van der Waals surface area contributed by atoms with Gasteiger partial charge in [0.1, 0.15) is 6.54 Å². The van der Waals surface area contributed by atoms with Crippen LogP contribution in [0.2, 0.25) is 3.93 Å². The Labute approximate surface area is 179 Å². The number of carboxylic acid groups (broad SMARTS) is 1. The first kappa shape index (κ1) is 24.2. The number of nitrogens with zero attached hydrogens (tertiary/aromatic N) is 1. The fraction of sp³-hybridized carbons (Fsp3) is 0.409. The van der Waals surface area contributed by atoms with Gasteiger partial charge in [-0.2, -0.15) is 0 Å². The van der Waals surface area contributed by atoms with E-state index in [1.54, 1.807) is 20.4 Å². The van der Waals surface area contributed by atoms with Gasteiger partial charge >= 0.3 is 92.8 Å². The van der Waals surface area contributed by atoms with Crippen molar-refractivity contribution >= 4 is 14.2 Å². The van der Waals surface area contributed by atoms with Crippen LogP contribution in [0.5, 0.6) is 0 Å². The van der Waals surface area contributed by atoms with Gasteiger partial charge in [0, 0.05) is 5.56 Å². The molecule has 0 bridgehead atoms. The second-order valence-corrected chi connectivity index (χ2v) is 20.4. The fourth-order valence-corrected chi connectivity index (χ4v) is 11.5. The van der Waals surface area contributed by atoms with Gasteiger partial charge in [-0.1, -0.05) is 43.7 Å². The van der Waals surface area contributed by atoms with Gasteiger partial charge in [-0.25, -0.2) is 0 Å². The quantitative estimate of drug-likeness (QED) is 0.324. The van der Waals surface area contributed by atoms with Crippen molar-refractivity contribution in [1.82, 2.24) is 0 Å². The van der Waals surface area contributed by atoms with E-state index in [9.17, 15) is 9.90 Å². The summed E-state index contributed by atoms with van der Waals surface area (Å²) in [7, 11) is 6.39. The molecule has 0 aliphatic heterocycles. The molecule has 27 heavy (non-hydrogen) atoms. The van der Waals surface area contributed by atoms with Gasteiger partial charge in [0.25, 0.3) is 0 Å². The standard InChI is InChI=1S/C13H22N.C7H6O2S.C2H5.Hg/c1-4-5-11-14(2,3)12-13-9-7-6-8-10-13;8-7(9)5-3-1-2-4-6(5)10;1-2;/h6-10H,4-5,11-12H2,1-3H3;1-4,10H,(H,8,9);1H2,2H3;/q+1;;;+1/p-2. The number of quaternary nitrogens is 1. The van der Waals surface area contributed by atoms with Crippen LogP contribution in [0.15, 0.2) is 59.5 Å². The third kappa shape index (κ3) is 10.3. The SMILES string of the molecule is CCCC[N+](C)(C)Cc1ccccc1.C[CH2][Hg][S]c1ccccc1C(=O)[O-]. The molecule has 2 rings (SSSR count). The van der Waals surface area contributed by atoms with Gasteiger partial charge in [-0.05, 0) is 6.42 Å². The van der Waals surface area contributed by atoms with Gasteiger partial charge < -0.3 is 4.48 Å². The van der Waals surface area contributed by atoms with Crippen molar-refractivity contribution < 1.29 is 37.4 Å². The monoisotopic (exact) mass is 575 g/mol. The molecule has 0 aliphatic carbocycles. The second-order valence-electron chi connectivity index (χ2n) is 7.29. The van der Waals surface area contributed by atoms with Crippen molar-refractivity contribution in [2.24, 2.45) is 0 Å². The van der Waals surface area contributed by atoms with Crippen LogP contribution in [0.4, 0.5) is 0 Å². The Balaban J connectivity index is 0.000000271. The fourth-order valence-electron chi connectivity index (χ4n) is 2.72. The molecule has 0 aliphatic rings. The third-order valence-corrected chi connectivity index (χ3v) is 16.2. The van der Waals surface area contributed by atoms with Crippen LogP contribution in [-0.2, 0) is 29.6 Å². The Bertz CT molecular complexity index is 677. The predicted octanol–water partition coefficient (Wildman–Crippen LogP) is 4.64. The zero-order chi connectivity index (χ0) is 20.1. The average molecular weight is 574 g/mol. The van der Waals surface area contributed by atoms with Crippen molar-refractivity contribution in [1.29, 1.82) is 0 Å². The molecule has 2 aromatic carbocycles. The van der Waals surface area contributed by atoms with E-state index < -0.39 is 29.0 Å². The summed E-state index contributed by atoms with van der Waals surface area (Å²) in [5.74, 6) is -1.06. The number of benzene rings is 2. The normalized spacial score (nSPS) is 10.5. The molecule has 0 spiro atoms. The van der Waals surface area contributed by atoms with E-state index in [0.717, 1.165) is 15.9 Å². The zero-order valence-electron chi connectivity index (χ0n) is 17.1. The minimum absolute atomic E-state index is 0.348. The molecule has 0 atom stereocenters. The molecule has 3 nitrogen and oxygen atoms in total. The van der Waals surface area contributed by atoms with Gasteiger partial charge in [-0.15, -0.1) is 0 Å². The van der Waals surface area contributed by atoms with E-state index in [1.165, 1.54) is 28.9 Å². The third-order valence-electron chi connectivity index (χ3n) is 4.14. The molecule has 0 radical (unpaired) electrons. The number of rotatable bonds is 9. The predicted molar refractivity (Wildman–Crippen MR) is 109 cm³/mol. The first-order chi connectivity index (χ1) is 12.9. The molecule has 144 valence electrons. The summed E-state index contributed by atoms with van der Waals surface area (Å²) in [5.41, 5.74) is 1.79. The van der Waals surface area contributed by atoms with E-state index in [-0.39, 0.29) is 0 Å². The number of aromatic carboxylic acids is 1. The summed E-state index contributed by atoms with van der Waals surface area (Å²) < 4.78 is 2.35. The number of hydrogen-bond acceptors (Lipinski definition) is 3. The average Bonchev–Trinajstić information content (AvgIpc) is 2.66. The first-order valence-corrected chi connectivity index (χ1v) is 21.3. The molecule has 0 N–H and O–H groups in total. The van der Waals surface area contributed by atoms with Crippen molar-refractivity contribution in [2.45, 2.75) is 42.1 Å². The van der Waals surface area contributed by atoms with Gasteiger partial charge in [0.05, 0.1) is 20.6 Å². The Morgan fingerprint density at radius 3 is 2.26 bits per heavy atom. The molecule has 0 saturated heterocycles. The van der Waals surface area contributed by atoms with E-state index in [4.69, 9.17) is 0 Å². The number of unbranched alkanes of at least 4 members (excludes halogenated alkanes) is 1. The molecular formula is C22H31HgNO2S. The van der Waals surface area contributed by atoms with Gasteiger partial charge in [0.15, 0.2) is 0 Å². The Morgan fingerprint density at radius 1 is 1.04 bits per heavy atom. The van der Waals surface area contributed by atoms with E-state index in [2.05, 4.69) is 58.3 Å². The van der Waals surface area contributed by atoms with Crippen molar-refractivity contribution in [3.05, 3.63) is 65.7 Å². The molecule has 0 heterocycles. The molecule has 0 aromatic heterocycles. The molecule has 2 aromatic rings. The summed E-state index contributed by atoms with van der Waals surface area (Å²) in [6.45, 7) is 6.82. The van der Waals surface area contributed by atoms with Gasteiger partial charge in [-0.3, -0.25) is 0 Å². The maximum atomic E-state index is 10.7. The Hall–Kier alpha value is -0.845. The van der Waals surface area contributed by atoms with Crippen LogP contribution in [-0.4, -0.2) is 31.1 Å². The number of carbonyl (C=O) groups is 1. The molecule has 0 saturated carbocycles. The Kier molecular flexibility index (Phi) is 12.0. The van der Waals surface area contributed by atoms with Gasteiger partial charge in [0.2, 0.25) is 0 Å². The summed E-state index contributed by atoms with van der Waals surface area (Å²) in [5, 5.41) is 10.7. The molecule has 0 amide bonds. The molecule has 0 fully saturated rings. The van der Waals surface area contributed by atoms with E-state index in [0.29, 0.717) is 5.56 Å². The Morgan fingerprint density at radius 2 is 1.67 bits per heavy atom. The first-order valence-electron chi connectivity index (χ1n) is 9.68. The van der Waals surface area contributed by atoms with Crippen molar-refractivity contribution in [2.75, 3.05) is 20.6 Å². The van der Waals surface area contributed by atoms with E-state index in [1.807, 2.05) is 12.1 Å². The summed E-state index contributed by atoms with van der Waals surface area (Å²) in [6, 6.07) is 17.8. The number of carbonyl (C=O) groups excluding carboxylic acids is 1. The molecule has 5 heteroatoms. The second kappa shape index (κ2) is 13.4. The van der Waals surface area contributed by atoms with Crippen LogP contribution in [0.3, 0.4) is 0 Å². The topological polar surface area (TPSA) is 40.1 Å². The summed E-state index contributed by atoms with van der Waals surface area (Å²) in [6.07, 6.45) is 2.61. The minimum atomic E-state index is -1.06. The van der Waals surface area contributed by atoms with Crippen LogP contribution >= 0.6 is 8.24 Å². The number of carboxylic acids is 1. The zero-order valence-corrected chi connectivity index (χ0v) is 23.4. The van der Waals surface area contributed by atoms with Crippen LogP contribution in [0.1, 0.15) is 42.6 Å².